The third kappa shape index (κ3) is 3.01. The van der Waals surface area contributed by atoms with Gasteiger partial charge in [-0.05, 0) is 49.2 Å². The molecule has 0 N–H and O–H groups in total. The Kier molecular flexibility index (Phi) is 4.57. The van der Waals surface area contributed by atoms with Gasteiger partial charge in [0.25, 0.3) is 10.0 Å². The van der Waals surface area contributed by atoms with Crippen molar-refractivity contribution in [2.45, 2.75) is 31.6 Å². The lowest BCUT2D eigenvalue weighted by Crippen LogP contribution is -2.12. The molecule has 0 saturated heterocycles. The van der Waals surface area contributed by atoms with E-state index in [1.54, 1.807) is 36.4 Å². The van der Waals surface area contributed by atoms with Crippen LogP contribution in [0.4, 0.5) is 0 Å². The summed E-state index contributed by atoms with van der Waals surface area (Å²) < 4.78 is 32.7. The van der Waals surface area contributed by atoms with Crippen molar-refractivity contribution >= 4 is 21.1 Å². The Morgan fingerprint density at radius 2 is 1.96 bits per heavy atom. The minimum atomic E-state index is -3.69. The van der Waals surface area contributed by atoms with Crippen LogP contribution in [0.1, 0.15) is 25.3 Å². The van der Waals surface area contributed by atoms with E-state index in [2.05, 4.69) is 11.9 Å². The molecule has 0 bridgehead atoms. The van der Waals surface area contributed by atoms with Gasteiger partial charge in [0.05, 0.1) is 22.5 Å². The van der Waals surface area contributed by atoms with Crippen LogP contribution in [-0.2, 0) is 10.0 Å². The van der Waals surface area contributed by atoms with Crippen LogP contribution in [0, 0.1) is 6.92 Å². The molecule has 0 aliphatic carbocycles. The first-order chi connectivity index (χ1) is 11.5. The number of nitrogens with zero attached hydrogens (tertiary/aromatic N) is 2. The average molecular weight is 344 g/mol. The van der Waals surface area contributed by atoms with Crippen LogP contribution < -0.4 is 4.74 Å². The van der Waals surface area contributed by atoms with Gasteiger partial charge in [-0.2, -0.15) is 0 Å². The predicted octanol–water partition coefficient (Wildman–Crippen LogP) is 3.76. The van der Waals surface area contributed by atoms with Gasteiger partial charge in [0.1, 0.15) is 12.1 Å². The Bertz CT molecular complexity index is 961. The van der Waals surface area contributed by atoms with E-state index < -0.39 is 10.0 Å². The Balaban J connectivity index is 1.97. The average Bonchev–Trinajstić information content (AvgIpc) is 3.01. The smallest absolute Gasteiger partial charge is 0.269 e. The molecule has 3 rings (SSSR count). The van der Waals surface area contributed by atoms with Gasteiger partial charge in [-0.15, -0.1) is 0 Å². The summed E-state index contributed by atoms with van der Waals surface area (Å²) in [5.41, 5.74) is 2.02. The van der Waals surface area contributed by atoms with Crippen LogP contribution in [-0.4, -0.2) is 24.0 Å². The zero-order valence-electron chi connectivity index (χ0n) is 13.8. The number of hydrogen-bond acceptors (Lipinski definition) is 4. The van der Waals surface area contributed by atoms with Crippen molar-refractivity contribution in [3.8, 4) is 5.75 Å². The molecule has 2 aromatic carbocycles. The first kappa shape index (κ1) is 16.5. The highest BCUT2D eigenvalue weighted by Gasteiger charge is 2.20. The van der Waals surface area contributed by atoms with Gasteiger partial charge in [0, 0.05) is 0 Å². The molecule has 24 heavy (non-hydrogen) atoms. The molecule has 0 radical (unpaired) electrons. The lowest BCUT2D eigenvalue weighted by Gasteiger charge is -2.11. The van der Waals surface area contributed by atoms with Crippen LogP contribution in [0.2, 0.25) is 0 Å². The molecule has 0 saturated carbocycles. The first-order valence-electron chi connectivity index (χ1n) is 7.95. The predicted molar refractivity (Wildman–Crippen MR) is 93.9 cm³/mol. The number of para-hydroxylation sites is 2. The molecule has 3 aromatic rings. The summed E-state index contributed by atoms with van der Waals surface area (Å²) in [4.78, 5) is 4.39. The molecule has 5 nitrogen and oxygen atoms in total. The van der Waals surface area contributed by atoms with Crippen molar-refractivity contribution in [2.24, 2.45) is 0 Å². The topological polar surface area (TPSA) is 61.2 Å². The van der Waals surface area contributed by atoms with E-state index in [4.69, 9.17) is 4.74 Å². The second kappa shape index (κ2) is 6.65. The SMILES string of the molecule is CCCCOc1ccc(S(=O)(=O)n2cnc3ccccc32)cc1C. The lowest BCUT2D eigenvalue weighted by atomic mass is 10.2. The number of benzene rings is 2. The van der Waals surface area contributed by atoms with Crippen LogP contribution in [0.25, 0.3) is 11.0 Å². The number of rotatable bonds is 6. The fourth-order valence-corrected chi connectivity index (χ4v) is 3.89. The zero-order valence-corrected chi connectivity index (χ0v) is 14.6. The van der Waals surface area contributed by atoms with Crippen molar-refractivity contribution in [3.63, 3.8) is 0 Å². The maximum absolute atomic E-state index is 12.9. The van der Waals surface area contributed by atoms with Crippen molar-refractivity contribution in [2.75, 3.05) is 6.61 Å². The monoisotopic (exact) mass is 344 g/mol. The summed E-state index contributed by atoms with van der Waals surface area (Å²) in [5, 5.41) is 0. The molecule has 0 amide bonds. The van der Waals surface area contributed by atoms with E-state index in [9.17, 15) is 8.42 Å². The summed E-state index contributed by atoms with van der Waals surface area (Å²) in [6.07, 6.45) is 3.38. The minimum Gasteiger partial charge on any atom is -0.493 e. The van der Waals surface area contributed by atoms with Crippen molar-refractivity contribution in [3.05, 3.63) is 54.4 Å². The quantitative estimate of drug-likeness (QED) is 0.639. The molecule has 0 fully saturated rings. The molecule has 0 aliphatic heterocycles. The first-order valence-corrected chi connectivity index (χ1v) is 9.39. The number of hydrogen-bond donors (Lipinski definition) is 0. The molecule has 126 valence electrons. The normalized spacial score (nSPS) is 11.8. The van der Waals surface area contributed by atoms with Gasteiger partial charge in [-0.25, -0.2) is 17.4 Å². The number of aromatic nitrogens is 2. The van der Waals surface area contributed by atoms with Gasteiger partial charge in [-0.3, -0.25) is 0 Å². The Morgan fingerprint density at radius 3 is 2.71 bits per heavy atom. The maximum Gasteiger partial charge on any atom is 0.269 e. The molecule has 0 atom stereocenters. The molecule has 1 heterocycles. The van der Waals surface area contributed by atoms with Crippen molar-refractivity contribution < 1.29 is 13.2 Å². The van der Waals surface area contributed by atoms with E-state index >= 15 is 0 Å². The van der Waals surface area contributed by atoms with Crippen molar-refractivity contribution in [1.29, 1.82) is 0 Å². The third-order valence-electron chi connectivity index (χ3n) is 3.88. The van der Waals surface area contributed by atoms with Crippen LogP contribution in [0.5, 0.6) is 5.75 Å². The van der Waals surface area contributed by atoms with Crippen LogP contribution in [0.15, 0.2) is 53.7 Å². The lowest BCUT2D eigenvalue weighted by molar-refractivity contribution is 0.307. The largest absolute Gasteiger partial charge is 0.493 e. The molecule has 1 aromatic heterocycles. The maximum atomic E-state index is 12.9. The summed E-state index contributed by atoms with van der Waals surface area (Å²) >= 11 is 0. The Labute approximate surface area is 142 Å². The standard InChI is InChI=1S/C18H20N2O3S/c1-3-4-11-23-18-10-9-15(12-14(18)2)24(21,22)20-13-19-16-7-5-6-8-17(16)20/h5-10,12-13H,3-4,11H2,1-2H3. The zero-order chi connectivity index (χ0) is 17.2. The summed E-state index contributed by atoms with van der Waals surface area (Å²) in [6, 6.07) is 12.1. The van der Waals surface area contributed by atoms with Crippen LogP contribution in [0.3, 0.4) is 0 Å². The van der Waals surface area contributed by atoms with E-state index in [0.29, 0.717) is 17.6 Å². The van der Waals surface area contributed by atoms with Gasteiger partial charge in [-0.1, -0.05) is 25.5 Å². The molecule has 0 aliphatic rings. The van der Waals surface area contributed by atoms with E-state index in [1.165, 1.54) is 10.3 Å². The van der Waals surface area contributed by atoms with E-state index in [0.717, 1.165) is 24.2 Å². The second-order valence-electron chi connectivity index (χ2n) is 5.66. The highest BCUT2D eigenvalue weighted by Crippen LogP contribution is 2.25. The molecular weight excluding hydrogens is 324 g/mol. The number of unbranched alkanes of at least 4 members (excludes halogenated alkanes) is 1. The Morgan fingerprint density at radius 1 is 1.17 bits per heavy atom. The third-order valence-corrected chi connectivity index (χ3v) is 5.54. The van der Waals surface area contributed by atoms with Gasteiger partial charge in [0.15, 0.2) is 0 Å². The minimum absolute atomic E-state index is 0.228. The summed E-state index contributed by atoms with van der Waals surface area (Å²) in [5.74, 6) is 0.720. The number of fused-ring (bicyclic) bond motifs is 1. The summed E-state index contributed by atoms with van der Waals surface area (Å²) in [7, 11) is -3.69. The second-order valence-corrected chi connectivity index (χ2v) is 7.48. The molecule has 6 heteroatoms. The van der Waals surface area contributed by atoms with Crippen molar-refractivity contribution in [1.82, 2.24) is 8.96 Å². The van der Waals surface area contributed by atoms with Gasteiger partial charge >= 0.3 is 0 Å². The molecule has 0 unspecified atom stereocenters. The van der Waals surface area contributed by atoms with E-state index in [1.807, 2.05) is 13.0 Å². The Hall–Kier alpha value is -2.34. The number of ether oxygens (including phenoxy) is 1. The van der Waals surface area contributed by atoms with Crippen LogP contribution >= 0.6 is 0 Å². The molecular formula is C18H20N2O3S. The van der Waals surface area contributed by atoms with Gasteiger partial charge < -0.3 is 4.74 Å². The summed E-state index contributed by atoms with van der Waals surface area (Å²) in [6.45, 7) is 4.59. The highest BCUT2D eigenvalue weighted by atomic mass is 32.2. The van der Waals surface area contributed by atoms with Gasteiger partial charge in [0.2, 0.25) is 0 Å². The number of aryl methyl sites for hydroxylation is 1. The number of imidazole rings is 1. The van der Waals surface area contributed by atoms with E-state index in [-0.39, 0.29) is 4.90 Å². The molecule has 0 spiro atoms. The highest BCUT2D eigenvalue weighted by molar-refractivity contribution is 7.90. The fraction of sp³-hybridized carbons (Fsp3) is 0.278. The fourth-order valence-electron chi connectivity index (χ4n) is 2.51.